The monoisotopic (exact) mass is 104 g/mol. The predicted molar refractivity (Wildman–Crippen MR) is 29.4 cm³/mol. The first-order valence-electron chi connectivity index (χ1n) is 2.01. The lowest BCUT2D eigenvalue weighted by atomic mass is 10.6. The van der Waals surface area contributed by atoms with E-state index < -0.39 is 0 Å². The van der Waals surface area contributed by atoms with Crippen molar-refractivity contribution in [2.75, 3.05) is 6.54 Å². The Hall–Kier alpha value is -0.570. The van der Waals surface area contributed by atoms with Crippen LogP contribution < -0.4 is 11.5 Å². The smallest absolute Gasteiger partial charge is 0.216 e. The van der Waals surface area contributed by atoms with Crippen molar-refractivity contribution in [2.24, 2.45) is 0 Å². The summed E-state index contributed by atoms with van der Waals surface area (Å²) in [6.07, 6.45) is 0. The van der Waals surface area contributed by atoms with E-state index >= 15 is 0 Å². The van der Waals surface area contributed by atoms with Gasteiger partial charge in [0.05, 0.1) is 0 Å². The minimum absolute atomic E-state index is 0. The first-order chi connectivity index (χ1) is 2.77. The summed E-state index contributed by atoms with van der Waals surface area (Å²) >= 11 is 0. The lowest BCUT2D eigenvalue weighted by Crippen LogP contribution is -2.18. The van der Waals surface area contributed by atoms with Crippen molar-refractivity contribution in [1.29, 1.82) is 0 Å². The molecule has 0 saturated heterocycles. The van der Waals surface area contributed by atoms with Gasteiger partial charge in [-0.1, -0.05) is 0 Å². The highest BCUT2D eigenvalue weighted by Crippen LogP contribution is 1.54. The van der Waals surface area contributed by atoms with Crippen LogP contribution >= 0.6 is 0 Å². The fraction of sp³-hybridized carbons (Fsp3) is 0.750. The minimum Gasteiger partial charge on any atom is -0.357 e. The zero-order valence-electron chi connectivity index (χ0n) is 4.82. The van der Waals surface area contributed by atoms with Crippen molar-refractivity contribution in [1.82, 2.24) is 11.5 Å². The number of carbonyl (C=O) groups excluding carboxylic acids is 1. The lowest BCUT2D eigenvalue weighted by Gasteiger charge is -1.88. The Morgan fingerprint density at radius 1 is 1.71 bits per heavy atom. The molecule has 0 aromatic carbocycles. The van der Waals surface area contributed by atoms with Gasteiger partial charge < -0.3 is 11.5 Å². The highest BCUT2D eigenvalue weighted by Gasteiger charge is 1.78. The van der Waals surface area contributed by atoms with Gasteiger partial charge in [0.25, 0.3) is 0 Å². The number of carbonyl (C=O) groups is 1. The molecule has 3 nitrogen and oxygen atoms in total. The Balaban J connectivity index is 0. The summed E-state index contributed by atoms with van der Waals surface area (Å²) in [6, 6.07) is 0. The summed E-state index contributed by atoms with van der Waals surface area (Å²) < 4.78 is 0. The van der Waals surface area contributed by atoms with E-state index in [0.29, 0.717) is 0 Å². The number of rotatable bonds is 1. The zero-order chi connectivity index (χ0) is 4.99. The van der Waals surface area contributed by atoms with Gasteiger partial charge in [-0.2, -0.15) is 0 Å². The molecule has 0 unspecified atom stereocenters. The maximum absolute atomic E-state index is 9.93. The standard InChI is InChI=1S/C4H9NO.H3N/c1-3-5-4(2)6;/h3H2,1-2H3,(H,5,6);1H3. The third-order valence-electron chi connectivity index (χ3n) is 0.426. The molecule has 0 spiro atoms. The van der Waals surface area contributed by atoms with E-state index in [1.807, 2.05) is 6.92 Å². The van der Waals surface area contributed by atoms with Crippen LogP contribution in [0.1, 0.15) is 13.8 Å². The first kappa shape index (κ1) is 9.66. The molecular weight excluding hydrogens is 92.1 g/mol. The Morgan fingerprint density at radius 3 is 2.14 bits per heavy atom. The number of nitrogens with one attached hydrogen (secondary N) is 1. The highest BCUT2D eigenvalue weighted by atomic mass is 16.1. The number of hydrogen-bond donors (Lipinski definition) is 2. The summed E-state index contributed by atoms with van der Waals surface area (Å²) in [6.45, 7) is 4.13. The largest absolute Gasteiger partial charge is 0.357 e. The fourth-order valence-corrected chi connectivity index (χ4v) is 0.249. The summed E-state index contributed by atoms with van der Waals surface area (Å²) in [7, 11) is 0. The average Bonchev–Trinajstić information content (AvgIpc) is 1.35. The second-order valence-corrected chi connectivity index (χ2v) is 1.09. The molecule has 0 radical (unpaired) electrons. The molecule has 4 N–H and O–H groups in total. The molecule has 0 saturated carbocycles. The minimum atomic E-state index is 0. The topological polar surface area (TPSA) is 64.1 Å². The number of amides is 1. The van der Waals surface area contributed by atoms with E-state index in [0.717, 1.165) is 6.54 Å². The predicted octanol–water partition coefficient (Wildman–Crippen LogP) is 0.304. The molecule has 0 aliphatic heterocycles. The quantitative estimate of drug-likeness (QED) is 0.502. The van der Waals surface area contributed by atoms with Gasteiger partial charge >= 0.3 is 0 Å². The third kappa shape index (κ3) is 10.8. The molecule has 44 valence electrons. The molecule has 0 aliphatic carbocycles. The fourth-order valence-electron chi connectivity index (χ4n) is 0.249. The van der Waals surface area contributed by atoms with E-state index in [4.69, 9.17) is 0 Å². The SMILES string of the molecule is CCNC(C)=O.N. The Morgan fingerprint density at radius 2 is 2.14 bits per heavy atom. The van der Waals surface area contributed by atoms with Gasteiger partial charge in [0, 0.05) is 13.5 Å². The van der Waals surface area contributed by atoms with Crippen LogP contribution in [0.2, 0.25) is 0 Å². The van der Waals surface area contributed by atoms with Crippen LogP contribution in [0, 0.1) is 0 Å². The third-order valence-corrected chi connectivity index (χ3v) is 0.426. The normalized spacial score (nSPS) is 6.57. The maximum Gasteiger partial charge on any atom is 0.216 e. The van der Waals surface area contributed by atoms with Crippen LogP contribution in [0.5, 0.6) is 0 Å². The van der Waals surface area contributed by atoms with Crippen molar-refractivity contribution in [3.63, 3.8) is 0 Å². The molecule has 1 amide bonds. The van der Waals surface area contributed by atoms with Gasteiger partial charge in [-0.25, -0.2) is 0 Å². The molecule has 3 heteroatoms. The Kier molecular flexibility index (Phi) is 7.49. The Labute approximate surface area is 43.7 Å². The van der Waals surface area contributed by atoms with Crippen molar-refractivity contribution in [3.05, 3.63) is 0 Å². The second kappa shape index (κ2) is 5.43. The van der Waals surface area contributed by atoms with Gasteiger partial charge in [-0.3, -0.25) is 4.79 Å². The van der Waals surface area contributed by atoms with Crippen molar-refractivity contribution in [2.45, 2.75) is 13.8 Å². The molecule has 0 aromatic rings. The van der Waals surface area contributed by atoms with Crippen LogP contribution in [0.25, 0.3) is 0 Å². The molecule has 7 heavy (non-hydrogen) atoms. The van der Waals surface area contributed by atoms with Crippen LogP contribution in [0.3, 0.4) is 0 Å². The maximum atomic E-state index is 9.93. The molecule has 0 atom stereocenters. The van der Waals surface area contributed by atoms with Gasteiger partial charge in [-0.05, 0) is 6.92 Å². The molecule has 0 fully saturated rings. The second-order valence-electron chi connectivity index (χ2n) is 1.09. The molecule has 0 aliphatic rings. The molecule has 0 bridgehead atoms. The lowest BCUT2D eigenvalue weighted by molar-refractivity contribution is -0.118. The summed E-state index contributed by atoms with van der Waals surface area (Å²) in [5.41, 5.74) is 0. The van der Waals surface area contributed by atoms with Crippen LogP contribution in [0.15, 0.2) is 0 Å². The van der Waals surface area contributed by atoms with Crippen molar-refractivity contribution in [3.8, 4) is 0 Å². The average molecular weight is 104 g/mol. The summed E-state index contributed by atoms with van der Waals surface area (Å²) in [5, 5.41) is 2.57. The van der Waals surface area contributed by atoms with Crippen LogP contribution in [-0.4, -0.2) is 12.5 Å². The van der Waals surface area contributed by atoms with Crippen molar-refractivity contribution >= 4 is 5.91 Å². The zero-order valence-corrected chi connectivity index (χ0v) is 4.82. The van der Waals surface area contributed by atoms with E-state index in [-0.39, 0.29) is 12.1 Å². The van der Waals surface area contributed by atoms with Gasteiger partial charge in [0.2, 0.25) is 5.91 Å². The number of hydrogen-bond acceptors (Lipinski definition) is 2. The van der Waals surface area contributed by atoms with Gasteiger partial charge in [0.15, 0.2) is 0 Å². The van der Waals surface area contributed by atoms with Crippen LogP contribution in [-0.2, 0) is 4.79 Å². The van der Waals surface area contributed by atoms with E-state index in [1.54, 1.807) is 0 Å². The summed E-state index contributed by atoms with van der Waals surface area (Å²) in [5.74, 6) is 0.0394. The van der Waals surface area contributed by atoms with Crippen LogP contribution in [0.4, 0.5) is 0 Å². The van der Waals surface area contributed by atoms with E-state index in [2.05, 4.69) is 5.32 Å². The van der Waals surface area contributed by atoms with Crippen molar-refractivity contribution < 1.29 is 4.79 Å². The van der Waals surface area contributed by atoms with E-state index in [1.165, 1.54) is 6.92 Å². The van der Waals surface area contributed by atoms with Gasteiger partial charge in [0.1, 0.15) is 0 Å². The first-order valence-corrected chi connectivity index (χ1v) is 2.01. The molecular formula is C4H12N2O. The Bertz CT molecular complexity index is 53.7. The highest BCUT2D eigenvalue weighted by molar-refractivity contribution is 5.72. The molecule has 0 rings (SSSR count). The molecule has 0 aromatic heterocycles. The van der Waals surface area contributed by atoms with E-state index in [9.17, 15) is 4.79 Å². The molecule has 0 heterocycles. The summed E-state index contributed by atoms with van der Waals surface area (Å²) in [4.78, 5) is 9.93. The van der Waals surface area contributed by atoms with Gasteiger partial charge in [-0.15, -0.1) is 0 Å².